The third-order valence-corrected chi connectivity index (χ3v) is 9.17. The lowest BCUT2D eigenvalue weighted by molar-refractivity contribution is -0.122. The number of halogens is 2. The van der Waals surface area contributed by atoms with Crippen LogP contribution in [0.4, 0.5) is 5.69 Å². The molecule has 2 bridgehead atoms. The van der Waals surface area contributed by atoms with Crippen molar-refractivity contribution in [3.63, 3.8) is 0 Å². The fourth-order valence-corrected chi connectivity index (χ4v) is 7.26. The van der Waals surface area contributed by atoms with Crippen LogP contribution in [-0.4, -0.2) is 23.9 Å². The Labute approximate surface area is 243 Å². The number of carbonyl (C=O) groups excluding carboxylic acids is 3. The molecule has 4 aromatic rings. The topological polar surface area (TPSA) is 78.8 Å². The van der Waals surface area contributed by atoms with Gasteiger partial charge in [0.05, 0.1) is 28.0 Å². The van der Waals surface area contributed by atoms with Crippen LogP contribution in [0, 0.1) is 11.8 Å². The van der Waals surface area contributed by atoms with Crippen molar-refractivity contribution in [2.24, 2.45) is 16.9 Å². The van der Waals surface area contributed by atoms with Gasteiger partial charge in [0.2, 0.25) is 11.8 Å². The van der Waals surface area contributed by atoms with E-state index < -0.39 is 17.3 Å². The van der Waals surface area contributed by atoms with Gasteiger partial charge in [0.25, 0.3) is 5.91 Å². The number of hydrogen-bond acceptors (Lipinski definition) is 4. The second-order valence-electron chi connectivity index (χ2n) is 10.2. The highest BCUT2D eigenvalue weighted by Gasteiger charge is 2.68. The van der Waals surface area contributed by atoms with Gasteiger partial charge in [-0.15, -0.1) is 0 Å². The largest absolute Gasteiger partial charge is 0.274 e. The third kappa shape index (κ3) is 3.41. The van der Waals surface area contributed by atoms with E-state index in [0.717, 1.165) is 26.7 Å². The number of carbonyl (C=O) groups is 3. The number of amides is 3. The molecule has 196 valence electrons. The van der Waals surface area contributed by atoms with Crippen LogP contribution < -0.4 is 10.3 Å². The lowest BCUT2D eigenvalue weighted by atomic mass is 9.47. The van der Waals surface area contributed by atoms with E-state index in [4.69, 9.17) is 11.6 Å². The lowest BCUT2D eigenvalue weighted by Crippen LogP contribution is -2.54. The smallest absolute Gasteiger partial charge is 0.271 e. The quantitative estimate of drug-likeness (QED) is 0.173. The number of nitrogens with zero attached hydrogens (tertiary/aromatic N) is 2. The molecular weight excluding hydrogens is 590 g/mol. The highest BCUT2D eigenvalue weighted by Crippen LogP contribution is 2.63. The summed E-state index contributed by atoms with van der Waals surface area (Å²) in [6, 6.07) is 29.6. The van der Waals surface area contributed by atoms with E-state index in [9.17, 15) is 14.4 Å². The fraction of sp³-hybridized carbons (Fsp3) is 0.125. The molecule has 6 nitrogen and oxygen atoms in total. The zero-order valence-corrected chi connectivity index (χ0v) is 23.3. The predicted octanol–water partition coefficient (Wildman–Crippen LogP) is 6.07. The van der Waals surface area contributed by atoms with E-state index in [0.29, 0.717) is 16.3 Å². The molecule has 0 unspecified atom stereocenters. The van der Waals surface area contributed by atoms with Crippen molar-refractivity contribution in [2.45, 2.75) is 11.3 Å². The molecular formula is C32H21BrClN3O3. The van der Waals surface area contributed by atoms with Crippen molar-refractivity contribution in [3.05, 3.63) is 134 Å². The molecule has 1 aliphatic heterocycles. The number of imide groups is 1. The summed E-state index contributed by atoms with van der Waals surface area (Å²) in [5, 5.41) is 4.78. The van der Waals surface area contributed by atoms with E-state index >= 15 is 0 Å². The summed E-state index contributed by atoms with van der Waals surface area (Å²) in [6.07, 6.45) is 1.65. The van der Waals surface area contributed by atoms with Gasteiger partial charge in [-0.05, 0) is 58.7 Å². The first-order valence-electron chi connectivity index (χ1n) is 12.8. The first kappa shape index (κ1) is 24.9. The first-order valence-corrected chi connectivity index (χ1v) is 14.0. The maximum atomic E-state index is 14.4. The van der Waals surface area contributed by atoms with Gasteiger partial charge in [0.1, 0.15) is 0 Å². The predicted molar refractivity (Wildman–Crippen MR) is 157 cm³/mol. The monoisotopic (exact) mass is 609 g/mol. The first-order chi connectivity index (χ1) is 19.4. The summed E-state index contributed by atoms with van der Waals surface area (Å²) in [4.78, 5) is 42.7. The van der Waals surface area contributed by atoms with Gasteiger partial charge in [-0.2, -0.15) is 5.10 Å². The number of nitrogens with one attached hydrogen (secondary N) is 1. The summed E-state index contributed by atoms with van der Waals surface area (Å²) in [7, 11) is 0. The molecule has 1 heterocycles. The van der Waals surface area contributed by atoms with E-state index in [1.54, 1.807) is 54.7 Å². The molecule has 4 aliphatic rings. The van der Waals surface area contributed by atoms with Crippen LogP contribution in [0.3, 0.4) is 0 Å². The number of rotatable bonds is 4. The highest BCUT2D eigenvalue weighted by molar-refractivity contribution is 9.10. The van der Waals surface area contributed by atoms with Crippen molar-refractivity contribution in [1.29, 1.82) is 0 Å². The van der Waals surface area contributed by atoms with Crippen molar-refractivity contribution >= 4 is 57.2 Å². The molecule has 8 rings (SSSR count). The minimum Gasteiger partial charge on any atom is -0.274 e. The average molecular weight is 611 g/mol. The Morgan fingerprint density at radius 1 is 0.850 bits per heavy atom. The maximum Gasteiger partial charge on any atom is 0.271 e. The normalized spacial score (nSPS) is 24.1. The van der Waals surface area contributed by atoms with Crippen LogP contribution >= 0.6 is 27.5 Å². The Kier molecular flexibility index (Phi) is 5.77. The molecule has 3 amide bonds. The average Bonchev–Trinajstić information content (AvgIpc) is 3.24. The van der Waals surface area contributed by atoms with E-state index in [-0.39, 0.29) is 23.6 Å². The Hall–Kier alpha value is -4.07. The number of hydrazone groups is 1. The molecule has 1 saturated heterocycles. The van der Waals surface area contributed by atoms with Crippen molar-refractivity contribution < 1.29 is 14.4 Å². The van der Waals surface area contributed by atoms with Crippen LogP contribution in [0.15, 0.2) is 107 Å². The molecule has 4 aromatic carbocycles. The summed E-state index contributed by atoms with van der Waals surface area (Å²) in [5.41, 5.74) is 6.16. The third-order valence-electron chi connectivity index (χ3n) is 8.32. The van der Waals surface area contributed by atoms with Crippen LogP contribution in [0.2, 0.25) is 5.02 Å². The zero-order chi connectivity index (χ0) is 27.6. The zero-order valence-electron chi connectivity index (χ0n) is 20.9. The minimum atomic E-state index is -1.08. The van der Waals surface area contributed by atoms with Gasteiger partial charge in [-0.3, -0.25) is 14.4 Å². The van der Waals surface area contributed by atoms with Crippen LogP contribution in [0.25, 0.3) is 0 Å². The number of benzene rings is 4. The molecule has 1 N–H and O–H groups in total. The molecule has 0 saturated carbocycles. The van der Waals surface area contributed by atoms with E-state index in [2.05, 4.69) is 26.5 Å². The van der Waals surface area contributed by atoms with E-state index in [1.807, 2.05) is 48.5 Å². The summed E-state index contributed by atoms with van der Waals surface area (Å²) < 4.78 is 0.858. The summed E-state index contributed by atoms with van der Waals surface area (Å²) in [5.74, 6) is -2.71. The Morgan fingerprint density at radius 2 is 1.45 bits per heavy atom. The highest BCUT2D eigenvalue weighted by atomic mass is 79.9. The SMILES string of the molecule is O=C(N/N=C/C12c3ccccc3C(c3ccccc31)[C@@H]1C(=O)N(c3ccccc3Cl)C(=O)[C@H]12)c1ccc(Br)cc1. The van der Waals surface area contributed by atoms with Crippen molar-refractivity contribution in [1.82, 2.24) is 5.43 Å². The van der Waals surface area contributed by atoms with Gasteiger partial charge in [0.15, 0.2) is 0 Å². The molecule has 0 spiro atoms. The number of para-hydroxylation sites is 1. The van der Waals surface area contributed by atoms with Crippen LogP contribution in [0.1, 0.15) is 38.5 Å². The van der Waals surface area contributed by atoms with Gasteiger partial charge in [0, 0.05) is 22.2 Å². The summed E-state index contributed by atoms with van der Waals surface area (Å²) in [6.45, 7) is 0. The molecule has 8 heteroatoms. The number of anilines is 1. The molecule has 2 atom stereocenters. The van der Waals surface area contributed by atoms with Gasteiger partial charge < -0.3 is 0 Å². The van der Waals surface area contributed by atoms with E-state index in [1.165, 1.54) is 4.90 Å². The molecule has 0 aromatic heterocycles. The molecule has 3 aliphatic carbocycles. The fourth-order valence-electron chi connectivity index (χ4n) is 6.78. The van der Waals surface area contributed by atoms with Gasteiger partial charge in [-0.25, -0.2) is 10.3 Å². The molecule has 1 fully saturated rings. The lowest BCUT2D eigenvalue weighted by Gasteiger charge is -2.52. The summed E-state index contributed by atoms with van der Waals surface area (Å²) >= 11 is 9.88. The molecule has 40 heavy (non-hydrogen) atoms. The van der Waals surface area contributed by atoms with Gasteiger partial charge in [-0.1, -0.05) is 88.2 Å². The Balaban J connectivity index is 1.41. The minimum absolute atomic E-state index is 0.284. The standard InChI is InChI=1S/C32H21BrClN3O3/c33-19-15-13-18(14-16-19)29(38)36-35-17-32-22-9-3-1-7-20(22)26(21-8-2-4-10-23(21)32)27-28(32)31(40)37(30(27)39)25-12-6-5-11-24(25)34/h1-17,26-28H,(H,36,38)/b35-17+/t26?,27-,28-,32?/m0/s1. The Bertz CT molecular complexity index is 1710. The Morgan fingerprint density at radius 3 is 2.10 bits per heavy atom. The van der Waals surface area contributed by atoms with Crippen molar-refractivity contribution in [2.75, 3.05) is 4.90 Å². The maximum absolute atomic E-state index is 14.4. The second-order valence-corrected chi connectivity index (χ2v) is 11.5. The molecule has 0 radical (unpaired) electrons. The second kappa shape index (κ2) is 9.25. The number of hydrogen-bond donors (Lipinski definition) is 1. The van der Waals surface area contributed by atoms with Crippen LogP contribution in [0.5, 0.6) is 0 Å². The van der Waals surface area contributed by atoms with Crippen molar-refractivity contribution in [3.8, 4) is 0 Å². The van der Waals surface area contributed by atoms with Gasteiger partial charge >= 0.3 is 0 Å². The van der Waals surface area contributed by atoms with Crippen LogP contribution in [-0.2, 0) is 15.0 Å².